The standard InChI is InChI=1S/C106H73BN2OS/c1-106(2,3)85-65-89(73-39-21-9-22-40-73)104(90(66-85)74-41-23-10-24-42-74)109-98-67-86(108-96-45-27-25-43-87(96)92-59-75(47-51-97(92)108)68-29-11-4-12-30-68)49-50-94(98)107-95-62-82(81-55-77(69-31-13-5-14-32-69)53-78(56-81)70-33-15-6-16-34-70)61-91(84-57-79(71-35-17-7-18-36-71)54-80(58-84)72-37-19-8-20-38-72)105(95)111-102-64-83(63-99(109)103(102)107)76-48-52-101-93(60-76)88-44-26-28-46-100(88)110-101/h4-67H,1-3H3/i25D,27D,43D,45D,47D,51D,59D. The van der Waals surface area contributed by atoms with Gasteiger partial charge in [-0.2, -0.15) is 0 Å². The first-order valence-electron chi connectivity index (χ1n) is 41.4. The van der Waals surface area contributed by atoms with Crippen LogP contribution in [0.15, 0.2) is 402 Å². The van der Waals surface area contributed by atoms with Gasteiger partial charge in [-0.1, -0.05) is 311 Å². The Morgan fingerprint density at radius 2 is 0.802 bits per heavy atom. The van der Waals surface area contributed by atoms with Crippen molar-refractivity contribution in [3.05, 3.63) is 394 Å². The summed E-state index contributed by atoms with van der Waals surface area (Å²) >= 11 is 1.81. The van der Waals surface area contributed by atoms with Crippen molar-refractivity contribution in [2.24, 2.45) is 0 Å². The molecule has 0 fully saturated rings. The molecule has 0 radical (unpaired) electrons. The molecule has 0 saturated carbocycles. The number of aromatic nitrogens is 1. The molecule has 111 heavy (non-hydrogen) atoms. The summed E-state index contributed by atoms with van der Waals surface area (Å²) in [7, 11) is 0. The molecule has 0 bridgehead atoms. The molecule has 2 aromatic heterocycles. The van der Waals surface area contributed by atoms with Crippen LogP contribution in [0.4, 0.5) is 17.1 Å². The maximum Gasteiger partial charge on any atom is 0.249 e. The summed E-state index contributed by atoms with van der Waals surface area (Å²) in [4.78, 5) is 4.62. The zero-order valence-electron chi connectivity index (χ0n) is 68.2. The van der Waals surface area contributed by atoms with Crippen LogP contribution in [0.1, 0.15) is 35.9 Å². The Balaban J connectivity index is 0.938. The van der Waals surface area contributed by atoms with Gasteiger partial charge in [0.25, 0.3) is 0 Å². The van der Waals surface area contributed by atoms with Gasteiger partial charge in [-0.15, -0.1) is 0 Å². The van der Waals surface area contributed by atoms with Crippen LogP contribution in [0, 0.1) is 0 Å². The van der Waals surface area contributed by atoms with Gasteiger partial charge >= 0.3 is 0 Å². The van der Waals surface area contributed by atoms with Gasteiger partial charge in [0.15, 0.2) is 0 Å². The highest BCUT2D eigenvalue weighted by Crippen LogP contribution is 2.54. The summed E-state index contributed by atoms with van der Waals surface area (Å²) in [6.45, 7) is 6.29. The van der Waals surface area contributed by atoms with Crippen LogP contribution in [0.5, 0.6) is 0 Å². The fourth-order valence-electron chi connectivity index (χ4n) is 16.9. The van der Waals surface area contributed by atoms with Crippen molar-refractivity contribution >= 4 is 95.7 Å². The van der Waals surface area contributed by atoms with Crippen LogP contribution in [0.2, 0.25) is 0 Å². The van der Waals surface area contributed by atoms with Gasteiger partial charge in [0.2, 0.25) is 6.71 Å². The molecule has 0 unspecified atom stereocenters. The Kier molecular flexibility index (Phi) is 14.1. The topological polar surface area (TPSA) is 21.3 Å². The Labute approximate surface area is 661 Å². The van der Waals surface area contributed by atoms with E-state index in [1.54, 1.807) is 4.57 Å². The van der Waals surface area contributed by atoms with Gasteiger partial charge in [-0.05, 0) is 237 Å². The van der Waals surface area contributed by atoms with Gasteiger partial charge in [0, 0.05) is 59.5 Å². The Hall–Kier alpha value is -13.4. The van der Waals surface area contributed by atoms with Crippen LogP contribution < -0.4 is 21.3 Å². The Bertz CT molecular complexity index is 7140. The number of anilines is 3. The molecule has 0 amide bonds. The minimum atomic E-state index is -0.518. The van der Waals surface area contributed by atoms with Crippen molar-refractivity contribution in [1.82, 2.24) is 4.57 Å². The van der Waals surface area contributed by atoms with Gasteiger partial charge in [-0.25, -0.2) is 0 Å². The van der Waals surface area contributed by atoms with E-state index in [0.29, 0.717) is 11.3 Å². The minimum absolute atomic E-state index is 0.0976. The summed E-state index contributed by atoms with van der Waals surface area (Å²) in [6, 6.07) is 121. The van der Waals surface area contributed by atoms with Crippen LogP contribution in [-0.2, 0) is 5.41 Å². The minimum Gasteiger partial charge on any atom is -0.456 e. The fourth-order valence-corrected chi connectivity index (χ4v) is 18.3. The van der Waals surface area contributed by atoms with Crippen LogP contribution >= 0.6 is 11.8 Å². The van der Waals surface area contributed by atoms with E-state index < -0.39 is 18.8 Å². The van der Waals surface area contributed by atoms with Gasteiger partial charge < -0.3 is 13.9 Å². The molecule has 19 aromatic rings. The van der Waals surface area contributed by atoms with Crippen molar-refractivity contribution in [3.8, 4) is 117 Å². The molecule has 4 heterocycles. The molecule has 0 saturated heterocycles. The van der Waals surface area contributed by atoms with Crippen molar-refractivity contribution in [2.75, 3.05) is 4.90 Å². The normalized spacial score (nSPS) is 13.3. The predicted octanol–water partition coefficient (Wildman–Crippen LogP) is 27.4. The highest BCUT2D eigenvalue weighted by molar-refractivity contribution is 8.00. The number of hydrogen-bond acceptors (Lipinski definition) is 3. The molecule has 2 aliphatic rings. The van der Waals surface area contributed by atoms with E-state index >= 15 is 0 Å². The molecule has 0 atom stereocenters. The fraction of sp³-hybridized carbons (Fsp3) is 0.0377. The zero-order chi connectivity index (χ0) is 79.9. The van der Waals surface area contributed by atoms with Crippen molar-refractivity contribution in [2.45, 2.75) is 36.0 Å². The molecule has 2 aliphatic heterocycles. The molecule has 3 nitrogen and oxygen atoms in total. The highest BCUT2D eigenvalue weighted by Gasteiger charge is 2.44. The van der Waals surface area contributed by atoms with E-state index in [-0.39, 0.29) is 63.0 Å². The van der Waals surface area contributed by atoms with E-state index in [1.165, 1.54) is 0 Å². The van der Waals surface area contributed by atoms with E-state index in [2.05, 4.69) is 323 Å². The number of rotatable bonds is 12. The number of fused-ring (bicyclic) bond motifs is 10. The summed E-state index contributed by atoms with van der Waals surface area (Å²) < 4.78 is 78.0. The van der Waals surface area contributed by atoms with Gasteiger partial charge in [0.05, 0.1) is 26.3 Å². The van der Waals surface area contributed by atoms with Crippen LogP contribution in [-0.4, -0.2) is 11.3 Å². The van der Waals surface area contributed by atoms with Gasteiger partial charge in [-0.3, -0.25) is 0 Å². The molecule has 0 N–H and O–H groups in total. The summed E-state index contributed by atoms with van der Waals surface area (Å²) in [5.74, 6) is 0. The molecular weight excluding hydrogens is 1360 g/mol. The average molecular weight is 1440 g/mol. The second-order valence-electron chi connectivity index (χ2n) is 30.1. The van der Waals surface area contributed by atoms with E-state index in [4.69, 9.17) is 4.42 Å². The highest BCUT2D eigenvalue weighted by atomic mass is 32.2. The monoisotopic (exact) mass is 1440 g/mol. The average Bonchev–Trinajstić information content (AvgIpc) is 0.984. The third kappa shape index (κ3) is 11.5. The number of para-hydroxylation sites is 2. The Morgan fingerprint density at radius 3 is 1.37 bits per heavy atom. The summed E-state index contributed by atoms with van der Waals surface area (Å²) in [6.07, 6.45) is 0. The second-order valence-corrected chi connectivity index (χ2v) is 31.2. The molecule has 522 valence electrons. The zero-order valence-corrected chi connectivity index (χ0v) is 62.0. The number of hydrogen-bond donors (Lipinski definition) is 0. The first kappa shape index (κ1) is 58.6. The first-order chi connectivity index (χ1) is 57.6. The van der Waals surface area contributed by atoms with E-state index in [1.807, 2.05) is 60.3 Å². The van der Waals surface area contributed by atoms with E-state index in [0.717, 1.165) is 171 Å². The van der Waals surface area contributed by atoms with Crippen LogP contribution in [0.25, 0.3) is 161 Å². The number of furan rings is 1. The lowest BCUT2D eigenvalue weighted by Crippen LogP contribution is -2.60. The molecule has 21 rings (SSSR count). The second kappa shape index (κ2) is 26.7. The molecule has 5 heteroatoms. The third-order valence-electron chi connectivity index (χ3n) is 22.4. The first-order valence-corrected chi connectivity index (χ1v) is 38.7. The molecular formula is C106H73BN2OS. The summed E-state index contributed by atoms with van der Waals surface area (Å²) in [5.41, 5.74) is 28.2. The van der Waals surface area contributed by atoms with Crippen molar-refractivity contribution < 1.29 is 14.0 Å². The lowest BCUT2D eigenvalue weighted by Gasteiger charge is -2.43. The lowest BCUT2D eigenvalue weighted by atomic mass is 9.34. The van der Waals surface area contributed by atoms with Gasteiger partial charge in [0.1, 0.15) is 11.2 Å². The molecule has 17 aromatic carbocycles. The van der Waals surface area contributed by atoms with Crippen molar-refractivity contribution in [3.63, 3.8) is 0 Å². The number of nitrogens with zero attached hydrogens (tertiary/aromatic N) is 2. The maximum atomic E-state index is 10.4. The largest absolute Gasteiger partial charge is 0.456 e. The van der Waals surface area contributed by atoms with Crippen LogP contribution in [0.3, 0.4) is 0 Å². The predicted molar refractivity (Wildman–Crippen MR) is 471 cm³/mol. The number of benzene rings is 17. The smallest absolute Gasteiger partial charge is 0.249 e. The third-order valence-corrected chi connectivity index (χ3v) is 23.6. The quantitative estimate of drug-likeness (QED) is 0.114. The van der Waals surface area contributed by atoms with Crippen molar-refractivity contribution in [1.29, 1.82) is 0 Å². The molecule has 0 aliphatic carbocycles. The molecule has 0 spiro atoms. The van der Waals surface area contributed by atoms with E-state index in [9.17, 15) is 9.60 Å². The summed E-state index contributed by atoms with van der Waals surface area (Å²) in [5, 5.41) is 2.26. The SMILES string of the molecule is [2H]c1c([2H])c([2H])c2c(c1[2H])c1c([2H])c(-c3ccccc3)c([2H])c([2H])c1n2-c1ccc2c(c1)N(c1c(-c3ccccc3)cc(C(C)(C)C)cc1-c1ccccc1)c1cc(-c3ccc4oc5ccccc5c4c3)cc3c1B2c1cc(-c2cc(-c4ccccc4)cc(-c4ccccc4)c2)cc(-c2cc(-c4ccccc4)cc(-c4ccccc4)c2)c1S3. The maximum absolute atomic E-state index is 10.4. The lowest BCUT2D eigenvalue weighted by molar-refractivity contribution is 0.591. The Morgan fingerprint density at radius 1 is 0.324 bits per heavy atom.